The van der Waals surface area contributed by atoms with Gasteiger partial charge in [-0.3, -0.25) is 9.59 Å². The van der Waals surface area contributed by atoms with Gasteiger partial charge in [-0.05, 0) is 48.5 Å². The number of ether oxygens (including phenoxy) is 1. The topological polar surface area (TPSA) is 87.5 Å². The maximum absolute atomic E-state index is 13.2. The highest BCUT2D eigenvalue weighted by atomic mass is 19.1. The van der Waals surface area contributed by atoms with Gasteiger partial charge in [0.15, 0.2) is 0 Å². The molecule has 3 aromatic rings. The van der Waals surface area contributed by atoms with Gasteiger partial charge in [-0.2, -0.15) is 5.26 Å². The molecule has 0 aliphatic carbocycles. The predicted octanol–water partition coefficient (Wildman–Crippen LogP) is 3.85. The number of benzene rings is 3. The van der Waals surface area contributed by atoms with Gasteiger partial charge >= 0.3 is 5.97 Å². The second-order valence-electron chi connectivity index (χ2n) is 6.53. The standard InChI is InChI=1S/C23H13FN2O4/c24-17-6-8-18(9-7-17)26-21(27)19-10-5-14(11-20(19)22(26)28)23(29)30-13-16-4-2-1-3-15(16)12-25/h1-11H,13H2. The van der Waals surface area contributed by atoms with Gasteiger partial charge in [0.05, 0.1) is 34.0 Å². The third-order valence-corrected chi connectivity index (χ3v) is 4.70. The van der Waals surface area contributed by atoms with Crippen molar-refractivity contribution in [2.75, 3.05) is 4.90 Å². The summed E-state index contributed by atoms with van der Waals surface area (Å²) >= 11 is 0. The Kier molecular flexibility index (Phi) is 4.82. The Balaban J connectivity index is 1.56. The maximum Gasteiger partial charge on any atom is 0.338 e. The Hall–Kier alpha value is -4.31. The highest BCUT2D eigenvalue weighted by Crippen LogP contribution is 2.29. The van der Waals surface area contributed by atoms with Gasteiger partial charge in [-0.1, -0.05) is 18.2 Å². The molecule has 1 heterocycles. The highest BCUT2D eigenvalue weighted by molar-refractivity contribution is 6.34. The molecule has 3 aromatic carbocycles. The Morgan fingerprint density at radius 1 is 0.967 bits per heavy atom. The molecule has 2 amide bonds. The van der Waals surface area contributed by atoms with E-state index in [2.05, 4.69) is 0 Å². The number of hydrogen-bond acceptors (Lipinski definition) is 5. The lowest BCUT2D eigenvalue weighted by atomic mass is 10.1. The molecule has 0 aromatic heterocycles. The molecule has 0 atom stereocenters. The fourth-order valence-corrected chi connectivity index (χ4v) is 3.17. The molecule has 0 bridgehead atoms. The molecule has 1 aliphatic rings. The van der Waals surface area contributed by atoms with Crippen LogP contribution in [0, 0.1) is 17.1 Å². The molecule has 30 heavy (non-hydrogen) atoms. The molecule has 0 saturated carbocycles. The van der Waals surface area contributed by atoms with Gasteiger partial charge in [-0.25, -0.2) is 14.1 Å². The number of carbonyl (C=O) groups is 3. The van der Waals surface area contributed by atoms with E-state index in [4.69, 9.17) is 10.00 Å². The van der Waals surface area contributed by atoms with Gasteiger partial charge in [0.25, 0.3) is 11.8 Å². The predicted molar refractivity (Wildman–Crippen MR) is 104 cm³/mol. The molecule has 0 unspecified atom stereocenters. The van der Waals surface area contributed by atoms with Crippen LogP contribution in [0.2, 0.25) is 0 Å². The molecule has 146 valence electrons. The minimum absolute atomic E-state index is 0.0659. The number of carbonyl (C=O) groups excluding carboxylic acids is 3. The van der Waals surface area contributed by atoms with Crippen LogP contribution in [0.15, 0.2) is 66.7 Å². The summed E-state index contributed by atoms with van der Waals surface area (Å²) in [6.07, 6.45) is 0. The molecule has 6 nitrogen and oxygen atoms in total. The summed E-state index contributed by atoms with van der Waals surface area (Å²) in [6, 6.07) is 17.8. The van der Waals surface area contributed by atoms with Crippen LogP contribution in [0.3, 0.4) is 0 Å². The number of anilines is 1. The zero-order chi connectivity index (χ0) is 21.3. The average molecular weight is 400 g/mol. The van der Waals surface area contributed by atoms with Gasteiger partial charge < -0.3 is 4.74 Å². The van der Waals surface area contributed by atoms with Crippen molar-refractivity contribution in [3.8, 4) is 6.07 Å². The van der Waals surface area contributed by atoms with Gasteiger partial charge in [0.2, 0.25) is 0 Å². The number of halogens is 1. The Labute approximate surface area is 170 Å². The maximum atomic E-state index is 13.2. The van der Waals surface area contributed by atoms with Crippen LogP contribution in [0.1, 0.15) is 42.2 Å². The molecule has 0 fully saturated rings. The van der Waals surface area contributed by atoms with E-state index in [0.717, 1.165) is 17.0 Å². The summed E-state index contributed by atoms with van der Waals surface area (Å²) in [5.41, 5.74) is 1.51. The van der Waals surface area contributed by atoms with Gasteiger partial charge in [0, 0.05) is 5.56 Å². The van der Waals surface area contributed by atoms with E-state index in [1.165, 1.54) is 30.3 Å². The molecule has 1 aliphatic heterocycles. The number of rotatable bonds is 4. The molecule has 7 heteroatoms. The Morgan fingerprint density at radius 3 is 2.40 bits per heavy atom. The SMILES string of the molecule is N#Cc1ccccc1COC(=O)c1ccc2c(c1)C(=O)N(c1ccc(F)cc1)C2=O. The van der Waals surface area contributed by atoms with E-state index in [9.17, 15) is 18.8 Å². The first-order chi connectivity index (χ1) is 14.5. The monoisotopic (exact) mass is 400 g/mol. The Bertz CT molecular complexity index is 1230. The van der Waals surface area contributed by atoms with Crippen LogP contribution < -0.4 is 4.90 Å². The van der Waals surface area contributed by atoms with E-state index in [0.29, 0.717) is 11.1 Å². The van der Waals surface area contributed by atoms with Gasteiger partial charge in [0.1, 0.15) is 12.4 Å². The zero-order valence-corrected chi connectivity index (χ0v) is 15.5. The molecular formula is C23H13FN2O4. The van der Waals surface area contributed by atoms with Crippen molar-refractivity contribution in [1.82, 2.24) is 0 Å². The molecule has 0 N–H and O–H groups in total. The normalized spacial score (nSPS) is 12.5. The van der Waals surface area contributed by atoms with Crippen molar-refractivity contribution < 1.29 is 23.5 Å². The lowest BCUT2D eigenvalue weighted by Gasteiger charge is -2.13. The minimum Gasteiger partial charge on any atom is -0.457 e. The Morgan fingerprint density at radius 2 is 1.67 bits per heavy atom. The summed E-state index contributed by atoms with van der Waals surface area (Å²) in [5, 5.41) is 9.11. The number of hydrogen-bond donors (Lipinski definition) is 0. The van der Waals surface area contributed by atoms with Crippen LogP contribution in [-0.4, -0.2) is 17.8 Å². The molecular weight excluding hydrogens is 387 g/mol. The van der Waals surface area contributed by atoms with E-state index < -0.39 is 23.6 Å². The number of imide groups is 1. The van der Waals surface area contributed by atoms with Crippen LogP contribution in [0.5, 0.6) is 0 Å². The van der Waals surface area contributed by atoms with Crippen LogP contribution in [0.25, 0.3) is 0 Å². The summed E-state index contributed by atoms with van der Waals surface area (Å²) in [4.78, 5) is 38.7. The fraction of sp³-hybridized carbons (Fsp3) is 0.0435. The number of amides is 2. The van der Waals surface area contributed by atoms with Crippen LogP contribution >= 0.6 is 0 Å². The number of fused-ring (bicyclic) bond motifs is 1. The van der Waals surface area contributed by atoms with Crippen LogP contribution in [0.4, 0.5) is 10.1 Å². The third-order valence-electron chi connectivity index (χ3n) is 4.70. The van der Waals surface area contributed by atoms with Crippen molar-refractivity contribution in [3.05, 3.63) is 100 Å². The molecule has 4 rings (SSSR count). The van der Waals surface area contributed by atoms with Crippen LogP contribution in [-0.2, 0) is 11.3 Å². The first-order valence-electron chi connectivity index (χ1n) is 8.93. The third kappa shape index (κ3) is 3.31. The largest absolute Gasteiger partial charge is 0.457 e. The number of esters is 1. The average Bonchev–Trinajstić information content (AvgIpc) is 3.02. The summed E-state index contributed by atoms with van der Waals surface area (Å²) < 4.78 is 18.4. The fourth-order valence-electron chi connectivity index (χ4n) is 3.17. The van der Waals surface area contributed by atoms with Crippen molar-refractivity contribution in [3.63, 3.8) is 0 Å². The first-order valence-corrected chi connectivity index (χ1v) is 8.93. The van der Waals surface area contributed by atoms with Crippen molar-refractivity contribution in [2.45, 2.75) is 6.61 Å². The second-order valence-corrected chi connectivity index (χ2v) is 6.53. The summed E-state index contributed by atoms with van der Waals surface area (Å²) in [7, 11) is 0. The van der Waals surface area contributed by atoms with E-state index >= 15 is 0 Å². The zero-order valence-electron chi connectivity index (χ0n) is 15.5. The number of nitriles is 1. The molecule has 0 radical (unpaired) electrons. The number of nitrogens with zero attached hydrogens (tertiary/aromatic N) is 2. The molecule has 0 saturated heterocycles. The summed E-state index contributed by atoms with van der Waals surface area (Å²) in [5.74, 6) is -2.33. The summed E-state index contributed by atoms with van der Waals surface area (Å²) in [6.45, 7) is -0.103. The van der Waals surface area contributed by atoms with E-state index in [1.54, 1.807) is 24.3 Å². The van der Waals surface area contributed by atoms with E-state index in [-0.39, 0.29) is 29.0 Å². The van der Waals surface area contributed by atoms with E-state index in [1.807, 2.05) is 6.07 Å². The van der Waals surface area contributed by atoms with Crippen molar-refractivity contribution in [1.29, 1.82) is 5.26 Å². The minimum atomic E-state index is -0.689. The lowest BCUT2D eigenvalue weighted by Crippen LogP contribution is -2.29. The first kappa shape index (κ1) is 19.0. The lowest BCUT2D eigenvalue weighted by molar-refractivity contribution is 0.0472. The molecule has 0 spiro atoms. The van der Waals surface area contributed by atoms with Gasteiger partial charge in [-0.15, -0.1) is 0 Å². The highest BCUT2D eigenvalue weighted by Gasteiger charge is 2.37. The second kappa shape index (κ2) is 7.60. The van der Waals surface area contributed by atoms with Crippen molar-refractivity contribution >= 4 is 23.5 Å². The smallest absolute Gasteiger partial charge is 0.338 e. The quantitative estimate of drug-likeness (QED) is 0.490. The van der Waals surface area contributed by atoms with Crippen molar-refractivity contribution in [2.24, 2.45) is 0 Å².